The molecule has 0 aliphatic rings. The predicted octanol–water partition coefficient (Wildman–Crippen LogP) is 5.64. The number of carbonyl (C=O) groups is 1. The number of benzene rings is 3. The van der Waals surface area contributed by atoms with Gasteiger partial charge in [0.25, 0.3) is 0 Å². The molecule has 0 radical (unpaired) electrons. The van der Waals surface area contributed by atoms with Crippen molar-refractivity contribution in [2.75, 3.05) is 5.32 Å². The van der Waals surface area contributed by atoms with Crippen molar-refractivity contribution in [2.45, 2.75) is 32.9 Å². The van der Waals surface area contributed by atoms with Crippen LogP contribution in [0.1, 0.15) is 24.5 Å². The first-order valence-electron chi connectivity index (χ1n) is 9.91. The quantitative estimate of drug-likeness (QED) is 0.418. The van der Waals surface area contributed by atoms with Gasteiger partial charge in [0.05, 0.1) is 0 Å². The van der Waals surface area contributed by atoms with E-state index in [4.69, 9.17) is 9.84 Å². The van der Waals surface area contributed by atoms with Crippen molar-refractivity contribution in [3.8, 4) is 22.6 Å². The molecule has 0 aromatic heterocycles. The van der Waals surface area contributed by atoms with Crippen LogP contribution in [0.2, 0.25) is 0 Å². The Morgan fingerprint density at radius 2 is 1.84 bits per heavy atom. The minimum absolute atomic E-state index is 0.0669. The minimum Gasteiger partial charge on any atom is -0.507 e. The van der Waals surface area contributed by atoms with Gasteiger partial charge < -0.3 is 20.3 Å². The fourth-order valence-electron chi connectivity index (χ4n) is 3.25. The lowest BCUT2D eigenvalue weighted by Gasteiger charge is -2.17. The van der Waals surface area contributed by atoms with Crippen LogP contribution in [-0.2, 0) is 11.3 Å². The summed E-state index contributed by atoms with van der Waals surface area (Å²) in [6, 6.07) is 11.2. The highest BCUT2D eigenvalue weighted by atomic mass is 19.1. The fourth-order valence-corrected chi connectivity index (χ4v) is 3.25. The summed E-state index contributed by atoms with van der Waals surface area (Å²) < 4.78 is 47.9. The Labute approximate surface area is 183 Å². The van der Waals surface area contributed by atoms with E-state index in [0.717, 1.165) is 12.1 Å². The second-order valence-electron chi connectivity index (χ2n) is 7.25. The molecular weight excluding hydrogens is 423 g/mol. The normalized spacial score (nSPS) is 11.8. The van der Waals surface area contributed by atoms with E-state index in [2.05, 4.69) is 5.32 Å². The predicted molar refractivity (Wildman–Crippen MR) is 114 cm³/mol. The number of halogens is 3. The molecule has 0 heterocycles. The molecule has 1 unspecified atom stereocenters. The van der Waals surface area contributed by atoms with E-state index in [1.165, 1.54) is 12.1 Å². The summed E-state index contributed by atoms with van der Waals surface area (Å²) >= 11 is 0. The van der Waals surface area contributed by atoms with Gasteiger partial charge in [-0.1, -0.05) is 19.1 Å². The lowest BCUT2D eigenvalue weighted by atomic mass is 9.99. The van der Waals surface area contributed by atoms with E-state index < -0.39 is 41.0 Å². The first-order valence-corrected chi connectivity index (χ1v) is 9.91. The molecule has 32 heavy (non-hydrogen) atoms. The van der Waals surface area contributed by atoms with Crippen LogP contribution in [0.3, 0.4) is 0 Å². The van der Waals surface area contributed by atoms with Gasteiger partial charge in [0.2, 0.25) is 0 Å². The maximum atomic E-state index is 14.8. The molecule has 1 atom stereocenters. The number of carboxylic acids is 1. The Bertz CT molecular complexity index is 1150. The van der Waals surface area contributed by atoms with Crippen LogP contribution < -0.4 is 10.1 Å². The number of phenolic OH excluding ortho intramolecular Hbond substituents is 1. The minimum atomic E-state index is -1.28. The number of hydrogen-bond donors (Lipinski definition) is 3. The second-order valence-corrected chi connectivity index (χ2v) is 7.25. The summed E-state index contributed by atoms with van der Waals surface area (Å²) in [6.07, 6.45) is -1.19. The highest BCUT2D eigenvalue weighted by molar-refractivity contribution is 5.73. The van der Waals surface area contributed by atoms with Crippen LogP contribution in [0.25, 0.3) is 11.1 Å². The van der Waals surface area contributed by atoms with Crippen molar-refractivity contribution in [2.24, 2.45) is 0 Å². The third-order valence-corrected chi connectivity index (χ3v) is 4.96. The number of phenols is 1. The zero-order valence-corrected chi connectivity index (χ0v) is 17.5. The average Bonchev–Trinajstić information content (AvgIpc) is 2.75. The molecule has 0 spiro atoms. The largest absolute Gasteiger partial charge is 0.507 e. The molecule has 8 heteroatoms. The van der Waals surface area contributed by atoms with Gasteiger partial charge in [0.15, 0.2) is 17.7 Å². The second kappa shape index (κ2) is 9.64. The van der Waals surface area contributed by atoms with Gasteiger partial charge in [-0.2, -0.15) is 0 Å². The molecule has 0 aliphatic carbocycles. The zero-order valence-electron chi connectivity index (χ0n) is 17.5. The van der Waals surface area contributed by atoms with Crippen LogP contribution in [0.15, 0.2) is 48.5 Å². The van der Waals surface area contributed by atoms with Gasteiger partial charge in [-0.05, 0) is 66.4 Å². The van der Waals surface area contributed by atoms with Gasteiger partial charge in [-0.25, -0.2) is 18.0 Å². The summed E-state index contributed by atoms with van der Waals surface area (Å²) in [6.45, 7) is 3.08. The zero-order chi connectivity index (χ0) is 23.4. The lowest BCUT2D eigenvalue weighted by Crippen LogP contribution is -2.26. The van der Waals surface area contributed by atoms with Crippen molar-refractivity contribution >= 4 is 11.7 Å². The molecule has 0 saturated heterocycles. The first kappa shape index (κ1) is 23.0. The van der Waals surface area contributed by atoms with Crippen molar-refractivity contribution in [1.82, 2.24) is 0 Å². The van der Waals surface area contributed by atoms with Gasteiger partial charge >= 0.3 is 5.97 Å². The molecule has 0 saturated carbocycles. The van der Waals surface area contributed by atoms with E-state index >= 15 is 0 Å². The van der Waals surface area contributed by atoms with Crippen molar-refractivity contribution < 1.29 is 32.9 Å². The number of aliphatic carboxylic acids is 1. The number of ether oxygens (including phenoxy) is 1. The summed E-state index contributed by atoms with van der Waals surface area (Å²) in [5.74, 6) is -4.14. The standard InChI is InChI=1S/C24H22F3NO4/c1-3-19(24(30)31)32-20-8-7-18(26)22(21(20)27)28-12-16-10-15(9-13(2)23(16)29)14-5-4-6-17(25)11-14/h4-11,19,28-29H,3,12H2,1-2H3,(H,30,31). The molecule has 5 nitrogen and oxygen atoms in total. The van der Waals surface area contributed by atoms with Crippen molar-refractivity contribution in [3.63, 3.8) is 0 Å². The molecule has 0 amide bonds. The summed E-state index contributed by atoms with van der Waals surface area (Å²) in [5.41, 5.74) is 1.54. The Balaban J connectivity index is 1.89. The number of aromatic hydroxyl groups is 1. The molecule has 3 aromatic rings. The Kier molecular flexibility index (Phi) is 6.92. The Morgan fingerprint density at radius 3 is 2.50 bits per heavy atom. The number of anilines is 1. The topological polar surface area (TPSA) is 78.8 Å². The summed E-state index contributed by atoms with van der Waals surface area (Å²) in [7, 11) is 0. The number of rotatable bonds is 8. The van der Waals surface area contributed by atoms with Gasteiger partial charge in [-0.15, -0.1) is 0 Å². The fraction of sp³-hybridized carbons (Fsp3) is 0.208. The third-order valence-electron chi connectivity index (χ3n) is 4.96. The van der Waals surface area contributed by atoms with Crippen molar-refractivity contribution in [1.29, 1.82) is 0 Å². The molecule has 0 aliphatic heterocycles. The molecule has 3 rings (SSSR count). The van der Waals surface area contributed by atoms with Crippen molar-refractivity contribution in [3.05, 3.63) is 77.1 Å². The van der Waals surface area contributed by atoms with Crippen LogP contribution >= 0.6 is 0 Å². The maximum Gasteiger partial charge on any atom is 0.344 e. The third kappa shape index (κ3) is 4.96. The summed E-state index contributed by atoms with van der Waals surface area (Å²) in [4.78, 5) is 11.2. The van der Waals surface area contributed by atoms with Gasteiger partial charge in [0, 0.05) is 12.1 Å². The summed E-state index contributed by atoms with van der Waals surface area (Å²) in [5, 5.41) is 22.1. The number of nitrogens with one attached hydrogen (secondary N) is 1. The van der Waals surface area contributed by atoms with Gasteiger partial charge in [-0.3, -0.25) is 0 Å². The molecule has 3 aromatic carbocycles. The number of hydrogen-bond acceptors (Lipinski definition) is 4. The maximum absolute atomic E-state index is 14.8. The molecule has 3 N–H and O–H groups in total. The highest BCUT2D eigenvalue weighted by Crippen LogP contribution is 2.33. The Morgan fingerprint density at radius 1 is 1.09 bits per heavy atom. The SMILES string of the molecule is CCC(Oc1ccc(F)c(NCc2cc(-c3cccc(F)c3)cc(C)c2O)c1F)C(=O)O. The average molecular weight is 445 g/mol. The monoisotopic (exact) mass is 445 g/mol. The van der Waals surface area contributed by atoms with E-state index in [9.17, 15) is 23.1 Å². The molecule has 168 valence electrons. The van der Waals surface area contributed by atoms with Gasteiger partial charge in [0.1, 0.15) is 23.1 Å². The van der Waals surface area contributed by atoms with Crippen LogP contribution in [0, 0.1) is 24.4 Å². The highest BCUT2D eigenvalue weighted by Gasteiger charge is 2.22. The van der Waals surface area contributed by atoms with Crippen LogP contribution in [0.5, 0.6) is 11.5 Å². The Hall–Kier alpha value is -3.68. The first-order chi connectivity index (χ1) is 15.2. The number of carboxylic acid groups (broad SMARTS) is 1. The number of aryl methyl sites for hydroxylation is 1. The smallest absolute Gasteiger partial charge is 0.344 e. The molecule has 0 fully saturated rings. The van der Waals surface area contributed by atoms with E-state index in [-0.39, 0.29) is 18.7 Å². The van der Waals surface area contributed by atoms with Crippen LogP contribution in [-0.4, -0.2) is 22.3 Å². The van der Waals surface area contributed by atoms with Crippen LogP contribution in [0.4, 0.5) is 18.9 Å². The van der Waals surface area contributed by atoms with E-state index in [0.29, 0.717) is 22.3 Å². The van der Waals surface area contributed by atoms with E-state index in [1.54, 1.807) is 38.1 Å². The molecule has 0 bridgehead atoms. The molecular formula is C24H22F3NO4. The van der Waals surface area contributed by atoms with E-state index in [1.807, 2.05) is 0 Å². The lowest BCUT2D eigenvalue weighted by molar-refractivity contribution is -0.145.